The Morgan fingerprint density at radius 3 is 2.47 bits per heavy atom. The number of hydrogen-bond acceptors (Lipinski definition) is 2. The van der Waals surface area contributed by atoms with E-state index >= 15 is 0 Å². The van der Waals surface area contributed by atoms with Gasteiger partial charge in [-0.25, -0.2) is 0 Å². The molecule has 17 heavy (non-hydrogen) atoms. The monoisotopic (exact) mass is 234 g/mol. The minimum atomic E-state index is 0.314. The zero-order valence-corrected chi connectivity index (χ0v) is 11.9. The third kappa shape index (κ3) is 4.86. The van der Waals surface area contributed by atoms with Gasteiger partial charge in [-0.15, -0.1) is 0 Å². The molecule has 0 spiro atoms. The Labute approximate surface area is 106 Å². The Kier molecular flexibility index (Phi) is 5.13. The molecule has 2 heteroatoms. The summed E-state index contributed by atoms with van der Waals surface area (Å²) in [6.07, 6.45) is 4.27. The highest BCUT2D eigenvalue weighted by Gasteiger charge is 2.23. The van der Waals surface area contributed by atoms with Gasteiger partial charge >= 0.3 is 0 Å². The van der Waals surface area contributed by atoms with E-state index in [1.54, 1.807) is 0 Å². The van der Waals surface area contributed by atoms with Gasteiger partial charge in [-0.05, 0) is 43.4 Å². The van der Waals surface area contributed by atoms with Crippen molar-refractivity contribution in [1.29, 1.82) is 0 Å². The minimum Gasteiger partial charge on any atom is -0.314 e. The van der Waals surface area contributed by atoms with E-state index in [0.717, 1.165) is 18.7 Å². The maximum Gasteiger partial charge on any atom is 0.0372 e. The van der Waals surface area contributed by atoms with Crippen molar-refractivity contribution in [2.24, 2.45) is 5.41 Å². The maximum atomic E-state index is 4.34. The molecule has 1 heterocycles. The highest BCUT2D eigenvalue weighted by Crippen LogP contribution is 2.23. The number of rotatable bonds is 5. The molecule has 0 radical (unpaired) electrons. The molecule has 0 fully saturated rings. The second-order valence-corrected chi connectivity index (χ2v) is 5.82. The molecule has 0 saturated heterocycles. The quantitative estimate of drug-likeness (QED) is 0.845. The van der Waals surface area contributed by atoms with E-state index in [1.807, 2.05) is 13.1 Å². The molecule has 96 valence electrons. The Morgan fingerprint density at radius 2 is 2.00 bits per heavy atom. The molecule has 1 atom stereocenters. The van der Waals surface area contributed by atoms with Gasteiger partial charge in [0.15, 0.2) is 0 Å². The van der Waals surface area contributed by atoms with Crippen LogP contribution in [-0.2, 0) is 6.42 Å². The molecule has 1 aromatic rings. The van der Waals surface area contributed by atoms with Crippen LogP contribution in [0.1, 0.15) is 45.4 Å². The van der Waals surface area contributed by atoms with Crippen molar-refractivity contribution in [3.63, 3.8) is 0 Å². The van der Waals surface area contributed by atoms with E-state index in [9.17, 15) is 0 Å². The summed E-state index contributed by atoms with van der Waals surface area (Å²) in [4.78, 5) is 4.34. The Morgan fingerprint density at radius 1 is 1.29 bits per heavy atom. The summed E-state index contributed by atoms with van der Waals surface area (Å²) >= 11 is 0. The van der Waals surface area contributed by atoms with Crippen LogP contribution in [0.2, 0.25) is 0 Å². The van der Waals surface area contributed by atoms with E-state index in [0.29, 0.717) is 11.5 Å². The molecule has 0 saturated carbocycles. The summed E-state index contributed by atoms with van der Waals surface area (Å²) in [6.45, 7) is 12.1. The molecule has 2 nitrogen and oxygen atoms in total. The third-order valence-corrected chi connectivity index (χ3v) is 3.19. The topological polar surface area (TPSA) is 24.9 Å². The average molecular weight is 234 g/mol. The van der Waals surface area contributed by atoms with E-state index < -0.39 is 0 Å². The molecule has 0 aliphatic rings. The molecular weight excluding hydrogens is 208 g/mol. The molecule has 0 bridgehead atoms. The van der Waals surface area contributed by atoms with Crippen LogP contribution in [0.5, 0.6) is 0 Å². The van der Waals surface area contributed by atoms with E-state index in [1.165, 1.54) is 12.0 Å². The Hall–Kier alpha value is -0.890. The molecule has 0 aromatic carbocycles. The van der Waals surface area contributed by atoms with E-state index in [-0.39, 0.29) is 0 Å². The first-order valence-corrected chi connectivity index (χ1v) is 6.58. The first kappa shape index (κ1) is 14.2. The third-order valence-electron chi connectivity index (χ3n) is 3.19. The Bertz CT molecular complexity index is 322. The van der Waals surface area contributed by atoms with Gasteiger partial charge in [0.2, 0.25) is 0 Å². The fourth-order valence-corrected chi connectivity index (χ4v) is 2.04. The molecule has 0 aliphatic carbocycles. The van der Waals surface area contributed by atoms with Crippen molar-refractivity contribution < 1.29 is 0 Å². The number of aromatic nitrogens is 1. The summed E-state index contributed by atoms with van der Waals surface area (Å²) in [5, 5.41) is 3.58. The lowest BCUT2D eigenvalue weighted by atomic mass is 9.83. The first-order valence-electron chi connectivity index (χ1n) is 6.58. The zero-order valence-electron chi connectivity index (χ0n) is 11.9. The number of hydrogen-bond donors (Lipinski definition) is 1. The Balaban J connectivity index is 2.54. The molecule has 1 N–H and O–H groups in total. The van der Waals surface area contributed by atoms with E-state index in [2.05, 4.69) is 50.1 Å². The molecular formula is C15H26N2. The summed E-state index contributed by atoms with van der Waals surface area (Å²) in [5.41, 5.74) is 2.74. The number of nitrogens with zero attached hydrogens (tertiary/aromatic N) is 1. The van der Waals surface area contributed by atoms with Crippen molar-refractivity contribution in [3.8, 4) is 0 Å². The van der Waals surface area contributed by atoms with Gasteiger partial charge < -0.3 is 5.32 Å². The van der Waals surface area contributed by atoms with Gasteiger partial charge in [-0.3, -0.25) is 4.98 Å². The van der Waals surface area contributed by atoms with Crippen LogP contribution in [-0.4, -0.2) is 17.6 Å². The zero-order chi connectivity index (χ0) is 12.9. The highest BCUT2D eigenvalue weighted by atomic mass is 14.9. The predicted molar refractivity (Wildman–Crippen MR) is 74.2 cm³/mol. The van der Waals surface area contributed by atoms with Gasteiger partial charge in [-0.1, -0.05) is 33.8 Å². The first-order chi connectivity index (χ1) is 7.93. The summed E-state index contributed by atoms with van der Waals surface area (Å²) in [7, 11) is 0. The van der Waals surface area contributed by atoms with Crippen LogP contribution in [0.25, 0.3) is 0 Å². The largest absolute Gasteiger partial charge is 0.314 e. The molecule has 1 unspecified atom stereocenters. The predicted octanol–water partition coefficient (Wildman–Crippen LogP) is 3.35. The second-order valence-electron chi connectivity index (χ2n) is 5.82. The fraction of sp³-hybridized carbons (Fsp3) is 0.667. The molecule has 0 aliphatic heterocycles. The fourth-order valence-electron chi connectivity index (χ4n) is 2.04. The lowest BCUT2D eigenvalue weighted by Gasteiger charge is -2.31. The number of nitrogens with one attached hydrogen (secondary N) is 1. The van der Waals surface area contributed by atoms with Crippen LogP contribution in [0.4, 0.5) is 0 Å². The van der Waals surface area contributed by atoms with Crippen LogP contribution in [0.15, 0.2) is 18.3 Å². The van der Waals surface area contributed by atoms with Crippen molar-refractivity contribution >= 4 is 0 Å². The minimum absolute atomic E-state index is 0.314. The van der Waals surface area contributed by atoms with Crippen LogP contribution in [0, 0.1) is 12.3 Å². The number of aryl methyl sites for hydroxylation is 2. The van der Waals surface area contributed by atoms with Gasteiger partial charge in [0.25, 0.3) is 0 Å². The lowest BCUT2D eigenvalue weighted by Crippen LogP contribution is -2.40. The van der Waals surface area contributed by atoms with Gasteiger partial charge in [0, 0.05) is 17.9 Å². The van der Waals surface area contributed by atoms with Crippen molar-refractivity contribution in [3.05, 3.63) is 29.6 Å². The summed E-state index contributed by atoms with van der Waals surface area (Å²) in [5.74, 6) is 0. The smallest absolute Gasteiger partial charge is 0.0372 e. The molecule has 1 aromatic heterocycles. The average Bonchev–Trinajstić information content (AvgIpc) is 2.25. The normalized spacial score (nSPS) is 13.7. The van der Waals surface area contributed by atoms with Crippen LogP contribution >= 0.6 is 0 Å². The van der Waals surface area contributed by atoms with Crippen molar-refractivity contribution in [2.75, 3.05) is 6.54 Å². The SMILES string of the molecule is CCNC(CCc1ccc(C)nc1)C(C)(C)C. The van der Waals surface area contributed by atoms with Gasteiger partial charge in [0.05, 0.1) is 0 Å². The van der Waals surface area contributed by atoms with E-state index in [4.69, 9.17) is 0 Å². The number of pyridine rings is 1. The lowest BCUT2D eigenvalue weighted by molar-refractivity contribution is 0.258. The summed E-state index contributed by atoms with van der Waals surface area (Å²) in [6, 6.07) is 4.84. The molecule has 0 amide bonds. The van der Waals surface area contributed by atoms with Crippen LogP contribution in [0.3, 0.4) is 0 Å². The van der Waals surface area contributed by atoms with Crippen LogP contribution < -0.4 is 5.32 Å². The second kappa shape index (κ2) is 6.15. The maximum absolute atomic E-state index is 4.34. The highest BCUT2D eigenvalue weighted by molar-refractivity contribution is 5.13. The van der Waals surface area contributed by atoms with Gasteiger partial charge in [0.1, 0.15) is 0 Å². The van der Waals surface area contributed by atoms with Crippen molar-refractivity contribution in [1.82, 2.24) is 10.3 Å². The van der Waals surface area contributed by atoms with Crippen molar-refractivity contribution in [2.45, 2.75) is 53.5 Å². The summed E-state index contributed by atoms with van der Waals surface area (Å²) < 4.78 is 0. The van der Waals surface area contributed by atoms with Gasteiger partial charge in [-0.2, -0.15) is 0 Å². The molecule has 1 rings (SSSR count). The standard InChI is InChI=1S/C15H26N2/c1-6-16-14(15(3,4)5)10-9-13-8-7-12(2)17-11-13/h7-8,11,14,16H,6,9-10H2,1-5H3.